The van der Waals surface area contributed by atoms with E-state index >= 15 is 0 Å². The molecule has 0 bridgehead atoms. The van der Waals surface area contributed by atoms with E-state index in [1.165, 1.54) is 10.9 Å². The summed E-state index contributed by atoms with van der Waals surface area (Å²) >= 11 is 0. The molecule has 0 unspecified atom stereocenters. The molecule has 20 heavy (non-hydrogen) atoms. The zero-order valence-corrected chi connectivity index (χ0v) is 10.8. The quantitative estimate of drug-likeness (QED) is 0.916. The maximum absolute atomic E-state index is 12.8. The van der Waals surface area contributed by atoms with Gasteiger partial charge in [0, 0.05) is 24.9 Å². The van der Waals surface area contributed by atoms with Gasteiger partial charge in [-0.1, -0.05) is 30.3 Å². The topological polar surface area (TPSA) is 38.0 Å². The highest BCUT2D eigenvalue weighted by atomic mass is 19.4. The van der Waals surface area contributed by atoms with Crippen LogP contribution in [-0.4, -0.2) is 21.5 Å². The lowest BCUT2D eigenvalue weighted by atomic mass is 10.1. The number of rotatable bonds is 5. The molecule has 1 N–H and O–H groups in total. The molecule has 6 heteroatoms. The van der Waals surface area contributed by atoms with Crippen LogP contribution in [0.5, 0.6) is 0 Å². The second-order valence-electron chi connectivity index (χ2n) is 4.47. The third kappa shape index (κ3) is 3.60. The van der Waals surface area contributed by atoms with Crippen molar-refractivity contribution in [3.8, 4) is 0 Å². The van der Waals surface area contributed by atoms with Gasteiger partial charge < -0.3 is 5.11 Å². The van der Waals surface area contributed by atoms with Crippen LogP contribution in [0.2, 0.25) is 0 Å². The van der Waals surface area contributed by atoms with Crippen molar-refractivity contribution in [1.29, 1.82) is 0 Å². The summed E-state index contributed by atoms with van der Waals surface area (Å²) in [5, 5.41) is 12.4. The first-order chi connectivity index (χ1) is 9.50. The van der Waals surface area contributed by atoms with Gasteiger partial charge in [0.2, 0.25) is 0 Å². The fraction of sp³-hybridized carbons (Fsp3) is 0.357. The SMILES string of the molecule is OCCc1cn(CCc2ccccc2)nc1C(F)(F)F. The maximum atomic E-state index is 12.8. The lowest BCUT2D eigenvalue weighted by molar-refractivity contribution is -0.142. The van der Waals surface area contributed by atoms with Crippen molar-refractivity contribution in [3.05, 3.63) is 53.3 Å². The lowest BCUT2D eigenvalue weighted by Gasteiger charge is -2.04. The largest absolute Gasteiger partial charge is 0.435 e. The van der Waals surface area contributed by atoms with Crippen molar-refractivity contribution < 1.29 is 18.3 Å². The van der Waals surface area contributed by atoms with Crippen molar-refractivity contribution in [3.63, 3.8) is 0 Å². The van der Waals surface area contributed by atoms with Gasteiger partial charge >= 0.3 is 6.18 Å². The Hall–Kier alpha value is -1.82. The third-order valence-electron chi connectivity index (χ3n) is 2.96. The van der Waals surface area contributed by atoms with Gasteiger partial charge in [0.05, 0.1) is 0 Å². The number of nitrogens with zero attached hydrogens (tertiary/aromatic N) is 2. The van der Waals surface area contributed by atoms with Gasteiger partial charge in [-0.05, 0) is 18.4 Å². The minimum Gasteiger partial charge on any atom is -0.396 e. The van der Waals surface area contributed by atoms with E-state index in [1.54, 1.807) is 0 Å². The van der Waals surface area contributed by atoms with E-state index in [2.05, 4.69) is 5.10 Å². The van der Waals surface area contributed by atoms with Crippen LogP contribution in [0.3, 0.4) is 0 Å². The molecule has 3 nitrogen and oxygen atoms in total. The highest BCUT2D eigenvalue weighted by molar-refractivity contribution is 5.21. The number of aryl methyl sites for hydroxylation is 2. The molecule has 2 aromatic rings. The van der Waals surface area contributed by atoms with Crippen LogP contribution in [-0.2, 0) is 25.6 Å². The molecule has 1 heterocycles. The standard InChI is InChI=1S/C14H15F3N2O/c15-14(16,17)13-12(7-9-20)10-19(18-13)8-6-11-4-2-1-3-5-11/h1-5,10,20H,6-9H2. The number of hydrogen-bond acceptors (Lipinski definition) is 2. The molecule has 0 saturated heterocycles. The van der Waals surface area contributed by atoms with Gasteiger partial charge in [0.15, 0.2) is 5.69 Å². The van der Waals surface area contributed by atoms with E-state index in [0.29, 0.717) is 13.0 Å². The molecule has 108 valence electrons. The van der Waals surface area contributed by atoms with Crippen molar-refractivity contribution in [2.75, 3.05) is 6.61 Å². The summed E-state index contributed by atoms with van der Waals surface area (Å²) in [6, 6.07) is 9.50. The van der Waals surface area contributed by atoms with Crippen LogP contribution in [0.1, 0.15) is 16.8 Å². The Labute approximate surface area is 114 Å². The summed E-state index contributed by atoms with van der Waals surface area (Å²) in [6.45, 7) is 0.0476. The monoisotopic (exact) mass is 284 g/mol. The number of halogens is 3. The van der Waals surface area contributed by atoms with Crippen LogP contribution in [0.15, 0.2) is 36.5 Å². The summed E-state index contributed by atoms with van der Waals surface area (Å²) in [7, 11) is 0. The first kappa shape index (κ1) is 14.6. The van der Waals surface area contributed by atoms with E-state index in [0.717, 1.165) is 5.56 Å². The molecule has 0 aliphatic heterocycles. The average molecular weight is 284 g/mol. The molecular weight excluding hydrogens is 269 g/mol. The predicted octanol–water partition coefficient (Wildman–Crippen LogP) is 2.68. The fourth-order valence-corrected chi connectivity index (χ4v) is 2.01. The summed E-state index contributed by atoms with van der Waals surface area (Å²) in [5.74, 6) is 0. The van der Waals surface area contributed by atoms with Gasteiger partial charge in [0.1, 0.15) is 0 Å². The molecule has 0 amide bonds. The summed E-state index contributed by atoms with van der Waals surface area (Å²) in [6.07, 6.45) is -2.55. The molecule has 0 aliphatic carbocycles. The van der Waals surface area contributed by atoms with E-state index in [4.69, 9.17) is 5.11 Å². The number of aromatic nitrogens is 2. The molecular formula is C14H15F3N2O. The average Bonchev–Trinajstić information content (AvgIpc) is 2.81. The number of benzene rings is 1. The Balaban J connectivity index is 2.12. The highest BCUT2D eigenvalue weighted by Gasteiger charge is 2.36. The molecule has 0 atom stereocenters. The van der Waals surface area contributed by atoms with Gasteiger partial charge in [-0.3, -0.25) is 4.68 Å². The Morgan fingerprint density at radius 1 is 1.10 bits per heavy atom. The number of hydrogen-bond donors (Lipinski definition) is 1. The molecule has 0 saturated carbocycles. The van der Waals surface area contributed by atoms with Gasteiger partial charge in [0.25, 0.3) is 0 Å². The van der Waals surface area contributed by atoms with E-state index in [9.17, 15) is 13.2 Å². The number of aliphatic hydroxyl groups excluding tert-OH is 1. The minimum absolute atomic E-state index is 0.0352. The Kier molecular flexibility index (Phi) is 4.44. The molecule has 1 aromatic heterocycles. The molecule has 0 spiro atoms. The van der Waals surface area contributed by atoms with Crippen LogP contribution in [0.4, 0.5) is 13.2 Å². The van der Waals surface area contributed by atoms with E-state index in [1.807, 2.05) is 30.3 Å². The van der Waals surface area contributed by atoms with Crippen LogP contribution in [0.25, 0.3) is 0 Å². The molecule has 1 aromatic carbocycles. The van der Waals surface area contributed by atoms with Crippen molar-refractivity contribution in [2.24, 2.45) is 0 Å². The highest BCUT2D eigenvalue weighted by Crippen LogP contribution is 2.30. The van der Waals surface area contributed by atoms with Crippen molar-refractivity contribution >= 4 is 0 Å². The normalized spacial score (nSPS) is 11.8. The lowest BCUT2D eigenvalue weighted by Crippen LogP contribution is -2.11. The number of aliphatic hydroxyl groups is 1. The molecule has 0 radical (unpaired) electrons. The Morgan fingerprint density at radius 3 is 2.40 bits per heavy atom. The van der Waals surface area contributed by atoms with Crippen LogP contribution >= 0.6 is 0 Å². The predicted molar refractivity (Wildman–Crippen MR) is 68.2 cm³/mol. The minimum atomic E-state index is -4.48. The maximum Gasteiger partial charge on any atom is 0.435 e. The van der Waals surface area contributed by atoms with Crippen LogP contribution < -0.4 is 0 Å². The second-order valence-corrected chi connectivity index (χ2v) is 4.47. The summed E-state index contributed by atoms with van der Waals surface area (Å²) in [5.41, 5.74) is 0.174. The van der Waals surface area contributed by atoms with Crippen molar-refractivity contribution in [1.82, 2.24) is 9.78 Å². The Morgan fingerprint density at radius 2 is 1.80 bits per heavy atom. The molecule has 0 fully saturated rings. The second kappa shape index (κ2) is 6.09. The van der Waals surface area contributed by atoms with E-state index < -0.39 is 11.9 Å². The van der Waals surface area contributed by atoms with Gasteiger partial charge in [-0.15, -0.1) is 0 Å². The zero-order chi connectivity index (χ0) is 14.6. The summed E-state index contributed by atoms with van der Waals surface area (Å²) in [4.78, 5) is 0. The fourth-order valence-electron chi connectivity index (χ4n) is 2.01. The van der Waals surface area contributed by atoms with Gasteiger partial charge in [-0.2, -0.15) is 18.3 Å². The van der Waals surface area contributed by atoms with E-state index in [-0.39, 0.29) is 18.6 Å². The third-order valence-corrected chi connectivity index (χ3v) is 2.96. The summed E-state index contributed by atoms with van der Waals surface area (Å²) < 4.78 is 39.7. The molecule has 0 aliphatic rings. The zero-order valence-electron chi connectivity index (χ0n) is 10.8. The smallest absolute Gasteiger partial charge is 0.396 e. The Bertz CT molecular complexity index is 549. The first-order valence-electron chi connectivity index (χ1n) is 6.29. The first-order valence-corrected chi connectivity index (χ1v) is 6.29. The molecule has 2 rings (SSSR count). The number of alkyl halides is 3. The van der Waals surface area contributed by atoms with Crippen LogP contribution in [0, 0.1) is 0 Å². The van der Waals surface area contributed by atoms with Gasteiger partial charge in [-0.25, -0.2) is 0 Å². The van der Waals surface area contributed by atoms with Crippen molar-refractivity contribution in [2.45, 2.75) is 25.6 Å².